The molecule has 4 heteroatoms. The number of aliphatic hydroxyl groups is 1. The Balaban J connectivity index is 2.13. The molecule has 88 valence electrons. The van der Waals surface area contributed by atoms with E-state index >= 15 is 0 Å². The van der Waals surface area contributed by atoms with Crippen molar-refractivity contribution >= 4 is 21.6 Å². The van der Waals surface area contributed by atoms with Gasteiger partial charge in [-0.3, -0.25) is 0 Å². The van der Waals surface area contributed by atoms with E-state index < -0.39 is 0 Å². The summed E-state index contributed by atoms with van der Waals surface area (Å²) in [7, 11) is 1.76. The van der Waals surface area contributed by atoms with Gasteiger partial charge < -0.3 is 14.7 Å². The molecule has 1 aromatic carbocycles. The number of ether oxygens (including phenoxy) is 1. The second-order valence-corrected chi connectivity index (χ2v) is 4.88. The molecule has 0 radical (unpaired) electrons. The molecule has 0 aromatic heterocycles. The smallest absolute Gasteiger partial charge is 0.0762 e. The summed E-state index contributed by atoms with van der Waals surface area (Å²) in [5.74, 6) is 0. The van der Waals surface area contributed by atoms with Crippen LogP contribution in [0.3, 0.4) is 0 Å². The van der Waals surface area contributed by atoms with Gasteiger partial charge in [0.25, 0.3) is 0 Å². The van der Waals surface area contributed by atoms with Crippen LogP contribution < -0.4 is 4.90 Å². The van der Waals surface area contributed by atoms with Crippen LogP contribution in [0.2, 0.25) is 0 Å². The van der Waals surface area contributed by atoms with Crippen LogP contribution in [0.4, 0.5) is 5.69 Å². The Labute approximate surface area is 104 Å². The van der Waals surface area contributed by atoms with Gasteiger partial charge in [0.2, 0.25) is 0 Å². The van der Waals surface area contributed by atoms with Crippen molar-refractivity contribution in [2.75, 3.05) is 25.1 Å². The molecule has 16 heavy (non-hydrogen) atoms. The Kier molecular flexibility index (Phi) is 3.84. The van der Waals surface area contributed by atoms with Gasteiger partial charge in [-0.1, -0.05) is 22.0 Å². The van der Waals surface area contributed by atoms with Gasteiger partial charge in [0.05, 0.1) is 12.7 Å². The van der Waals surface area contributed by atoms with Gasteiger partial charge in [-0.15, -0.1) is 0 Å². The van der Waals surface area contributed by atoms with E-state index in [9.17, 15) is 0 Å². The Morgan fingerprint density at radius 3 is 2.94 bits per heavy atom. The van der Waals surface area contributed by atoms with Crippen LogP contribution in [0.15, 0.2) is 22.7 Å². The zero-order valence-corrected chi connectivity index (χ0v) is 10.9. The maximum atomic E-state index is 9.09. The fourth-order valence-electron chi connectivity index (χ4n) is 2.02. The second-order valence-electron chi connectivity index (χ2n) is 4.03. The number of benzene rings is 1. The van der Waals surface area contributed by atoms with E-state index in [0.29, 0.717) is 6.10 Å². The Bertz CT molecular complexity index is 370. The molecule has 1 aromatic rings. The normalized spacial score (nSPS) is 20.4. The molecule has 1 N–H and O–H groups in total. The van der Waals surface area contributed by atoms with Crippen LogP contribution in [-0.2, 0) is 11.3 Å². The molecule has 0 amide bonds. The van der Waals surface area contributed by atoms with Crippen LogP contribution in [-0.4, -0.2) is 31.4 Å². The van der Waals surface area contributed by atoms with E-state index in [1.165, 1.54) is 5.69 Å². The minimum Gasteiger partial charge on any atom is -0.392 e. The highest BCUT2D eigenvalue weighted by molar-refractivity contribution is 9.10. The molecule has 1 atom stereocenters. The first-order valence-corrected chi connectivity index (χ1v) is 6.21. The van der Waals surface area contributed by atoms with Crippen LogP contribution in [0.25, 0.3) is 0 Å². The van der Waals surface area contributed by atoms with Gasteiger partial charge >= 0.3 is 0 Å². The molecular weight excluding hydrogens is 270 g/mol. The summed E-state index contributed by atoms with van der Waals surface area (Å²) < 4.78 is 6.31. The van der Waals surface area contributed by atoms with Gasteiger partial charge in [-0.2, -0.15) is 0 Å². The number of hydrogen-bond donors (Lipinski definition) is 1. The largest absolute Gasteiger partial charge is 0.392 e. The third-order valence-corrected chi connectivity index (χ3v) is 3.79. The molecule has 1 saturated heterocycles. The van der Waals surface area contributed by atoms with Crippen LogP contribution in [0, 0.1) is 0 Å². The highest BCUT2D eigenvalue weighted by Gasteiger charge is 2.22. The van der Waals surface area contributed by atoms with Crippen LogP contribution in [0.5, 0.6) is 0 Å². The molecule has 0 saturated carbocycles. The van der Waals surface area contributed by atoms with Crippen molar-refractivity contribution in [2.24, 2.45) is 0 Å². The van der Waals surface area contributed by atoms with Crippen molar-refractivity contribution in [3.05, 3.63) is 28.2 Å². The number of rotatable bonds is 3. The van der Waals surface area contributed by atoms with Gasteiger partial charge in [0, 0.05) is 30.4 Å². The lowest BCUT2D eigenvalue weighted by Crippen LogP contribution is -2.22. The summed E-state index contributed by atoms with van der Waals surface area (Å²) in [6.07, 6.45) is 1.42. The Morgan fingerprint density at radius 1 is 1.56 bits per heavy atom. The predicted molar refractivity (Wildman–Crippen MR) is 67.7 cm³/mol. The van der Waals surface area contributed by atoms with Crippen LogP contribution in [0.1, 0.15) is 12.0 Å². The number of halogens is 1. The van der Waals surface area contributed by atoms with E-state index in [1.54, 1.807) is 7.11 Å². The van der Waals surface area contributed by atoms with Crippen molar-refractivity contribution in [2.45, 2.75) is 19.1 Å². The molecule has 1 heterocycles. The molecule has 0 spiro atoms. The molecule has 0 aliphatic carbocycles. The lowest BCUT2D eigenvalue weighted by atomic mass is 10.2. The van der Waals surface area contributed by atoms with Crippen molar-refractivity contribution < 1.29 is 9.84 Å². The monoisotopic (exact) mass is 285 g/mol. The highest BCUT2D eigenvalue weighted by Crippen LogP contribution is 2.27. The molecule has 1 unspecified atom stereocenters. The van der Waals surface area contributed by atoms with E-state index in [2.05, 4.69) is 26.9 Å². The Morgan fingerprint density at radius 2 is 2.38 bits per heavy atom. The summed E-state index contributed by atoms with van der Waals surface area (Å²) in [5, 5.41) is 9.09. The SMILES string of the molecule is COC1CCN(c2ccc(CO)c(Br)c2)C1. The summed E-state index contributed by atoms with van der Waals surface area (Å²) in [6.45, 7) is 2.05. The molecule has 2 rings (SSSR count). The summed E-state index contributed by atoms with van der Waals surface area (Å²) in [4.78, 5) is 2.31. The number of methoxy groups -OCH3 is 1. The molecule has 1 aliphatic heterocycles. The quantitative estimate of drug-likeness (QED) is 0.924. The molecule has 0 bridgehead atoms. The minimum absolute atomic E-state index is 0.0710. The molecule has 3 nitrogen and oxygen atoms in total. The summed E-state index contributed by atoms with van der Waals surface area (Å²) >= 11 is 3.47. The van der Waals surface area contributed by atoms with Gasteiger partial charge in [-0.25, -0.2) is 0 Å². The maximum Gasteiger partial charge on any atom is 0.0762 e. The van der Waals surface area contributed by atoms with Crippen molar-refractivity contribution in [3.63, 3.8) is 0 Å². The lowest BCUT2D eigenvalue weighted by molar-refractivity contribution is 0.121. The van der Waals surface area contributed by atoms with Crippen molar-refractivity contribution in [1.29, 1.82) is 0 Å². The van der Waals surface area contributed by atoms with Crippen molar-refractivity contribution in [3.8, 4) is 0 Å². The number of anilines is 1. The zero-order valence-electron chi connectivity index (χ0n) is 9.32. The third kappa shape index (κ3) is 2.39. The molecule has 1 fully saturated rings. The predicted octanol–water partition coefficient (Wildman–Crippen LogP) is 2.17. The zero-order chi connectivity index (χ0) is 11.5. The first-order chi connectivity index (χ1) is 7.74. The standard InChI is InChI=1S/C12H16BrNO2/c1-16-11-4-5-14(7-11)10-3-2-9(8-15)12(13)6-10/h2-3,6,11,15H,4-5,7-8H2,1H3. The first-order valence-electron chi connectivity index (χ1n) is 5.41. The second kappa shape index (κ2) is 5.17. The molecular formula is C12H16BrNO2. The lowest BCUT2D eigenvalue weighted by Gasteiger charge is -2.19. The minimum atomic E-state index is 0.0710. The number of nitrogens with zero attached hydrogens (tertiary/aromatic N) is 1. The van der Waals surface area contributed by atoms with E-state index in [4.69, 9.17) is 9.84 Å². The van der Waals surface area contributed by atoms with Crippen LogP contribution >= 0.6 is 15.9 Å². The fraction of sp³-hybridized carbons (Fsp3) is 0.500. The maximum absolute atomic E-state index is 9.09. The topological polar surface area (TPSA) is 32.7 Å². The van der Waals surface area contributed by atoms with E-state index in [0.717, 1.165) is 29.5 Å². The van der Waals surface area contributed by atoms with Gasteiger partial charge in [0.1, 0.15) is 0 Å². The molecule has 1 aliphatic rings. The number of aliphatic hydroxyl groups excluding tert-OH is 1. The Hall–Kier alpha value is -0.580. The van der Waals surface area contributed by atoms with Gasteiger partial charge in [-0.05, 0) is 24.1 Å². The fourth-order valence-corrected chi connectivity index (χ4v) is 2.51. The summed E-state index contributed by atoms with van der Waals surface area (Å²) in [6, 6.07) is 6.07. The average Bonchev–Trinajstić information content (AvgIpc) is 2.77. The van der Waals surface area contributed by atoms with Crippen molar-refractivity contribution in [1.82, 2.24) is 0 Å². The third-order valence-electron chi connectivity index (χ3n) is 3.05. The first kappa shape index (κ1) is 11.9. The summed E-state index contributed by atoms with van der Waals surface area (Å²) in [5.41, 5.74) is 2.11. The average molecular weight is 286 g/mol. The number of hydrogen-bond acceptors (Lipinski definition) is 3. The highest BCUT2D eigenvalue weighted by atomic mass is 79.9. The van der Waals surface area contributed by atoms with E-state index in [1.807, 2.05) is 12.1 Å². The van der Waals surface area contributed by atoms with E-state index in [-0.39, 0.29) is 6.61 Å². The van der Waals surface area contributed by atoms with Gasteiger partial charge in [0.15, 0.2) is 0 Å².